The number of carbonyl (C=O) groups is 2. The minimum Gasteiger partial charge on any atom is -0.351 e. The lowest BCUT2D eigenvalue weighted by molar-refractivity contribution is -0.138. The fourth-order valence-corrected chi connectivity index (χ4v) is 2.11. The van der Waals surface area contributed by atoms with Gasteiger partial charge >= 0.3 is 0 Å². The number of benzene rings is 2. The Labute approximate surface area is 136 Å². The van der Waals surface area contributed by atoms with Gasteiger partial charge in [0.1, 0.15) is 5.41 Å². The summed E-state index contributed by atoms with van der Waals surface area (Å²) in [6.45, 7) is 5.60. The zero-order chi connectivity index (χ0) is 16.9. The van der Waals surface area contributed by atoms with Crippen molar-refractivity contribution in [3.63, 3.8) is 0 Å². The molecule has 0 aliphatic rings. The van der Waals surface area contributed by atoms with Crippen molar-refractivity contribution in [1.29, 1.82) is 0 Å². The van der Waals surface area contributed by atoms with Gasteiger partial charge in [0.2, 0.25) is 11.8 Å². The summed E-state index contributed by atoms with van der Waals surface area (Å²) in [7, 11) is 0. The highest BCUT2D eigenvalue weighted by molar-refractivity contribution is 6.09. The summed E-state index contributed by atoms with van der Waals surface area (Å²) in [5.74, 6) is -0.625. The molecular formula is C19H22N2O2. The van der Waals surface area contributed by atoms with E-state index in [1.807, 2.05) is 61.5 Å². The van der Waals surface area contributed by atoms with E-state index >= 15 is 0 Å². The smallest absolute Gasteiger partial charge is 0.239 e. The third kappa shape index (κ3) is 4.42. The maximum atomic E-state index is 12.4. The van der Waals surface area contributed by atoms with Gasteiger partial charge in [-0.1, -0.05) is 42.5 Å². The van der Waals surface area contributed by atoms with Crippen LogP contribution in [-0.2, 0) is 16.1 Å². The van der Waals surface area contributed by atoms with Crippen LogP contribution in [0.4, 0.5) is 5.69 Å². The Morgan fingerprint density at radius 3 is 2.30 bits per heavy atom. The molecule has 2 aromatic rings. The average Bonchev–Trinajstić information content (AvgIpc) is 2.53. The first-order chi connectivity index (χ1) is 10.9. The van der Waals surface area contributed by atoms with Gasteiger partial charge in [0.05, 0.1) is 0 Å². The first-order valence-electron chi connectivity index (χ1n) is 7.60. The van der Waals surface area contributed by atoms with Gasteiger partial charge in [0, 0.05) is 12.2 Å². The molecular weight excluding hydrogens is 288 g/mol. The highest BCUT2D eigenvalue weighted by Crippen LogP contribution is 2.20. The van der Waals surface area contributed by atoms with E-state index < -0.39 is 5.41 Å². The fraction of sp³-hybridized carbons (Fsp3) is 0.263. The summed E-state index contributed by atoms with van der Waals surface area (Å²) in [4.78, 5) is 24.8. The number of anilines is 1. The molecule has 120 valence electrons. The molecule has 2 N–H and O–H groups in total. The van der Waals surface area contributed by atoms with Crippen LogP contribution in [0.2, 0.25) is 0 Å². The van der Waals surface area contributed by atoms with Crippen LogP contribution in [-0.4, -0.2) is 11.8 Å². The van der Waals surface area contributed by atoms with Crippen molar-refractivity contribution in [1.82, 2.24) is 5.32 Å². The molecule has 4 nitrogen and oxygen atoms in total. The van der Waals surface area contributed by atoms with Gasteiger partial charge in [0.15, 0.2) is 0 Å². The van der Waals surface area contributed by atoms with Gasteiger partial charge in [-0.25, -0.2) is 0 Å². The van der Waals surface area contributed by atoms with Crippen LogP contribution < -0.4 is 10.6 Å². The summed E-state index contributed by atoms with van der Waals surface area (Å²) in [5.41, 5.74) is 1.59. The standard InChI is InChI=1S/C19H22N2O2/c1-14-8-7-11-16(12-14)21-18(23)19(2,3)17(22)20-13-15-9-5-4-6-10-15/h4-12H,13H2,1-3H3,(H,20,22)(H,21,23). The van der Waals surface area contributed by atoms with Crippen LogP contribution in [0.1, 0.15) is 25.0 Å². The van der Waals surface area contributed by atoms with Crippen molar-refractivity contribution in [2.75, 3.05) is 5.32 Å². The minimum atomic E-state index is -1.15. The molecule has 2 rings (SSSR count). The molecule has 0 aromatic heterocycles. The molecule has 0 radical (unpaired) electrons. The van der Waals surface area contributed by atoms with Gasteiger partial charge in [-0.05, 0) is 44.0 Å². The molecule has 4 heteroatoms. The van der Waals surface area contributed by atoms with Crippen LogP contribution >= 0.6 is 0 Å². The number of hydrogen-bond donors (Lipinski definition) is 2. The number of rotatable bonds is 5. The summed E-state index contributed by atoms with van der Waals surface area (Å²) in [6, 6.07) is 17.1. The lowest BCUT2D eigenvalue weighted by Crippen LogP contribution is -2.44. The molecule has 2 aromatic carbocycles. The normalized spacial score (nSPS) is 10.9. The second-order valence-electron chi connectivity index (χ2n) is 6.12. The van der Waals surface area contributed by atoms with Gasteiger partial charge in [-0.2, -0.15) is 0 Å². The molecule has 0 spiro atoms. The quantitative estimate of drug-likeness (QED) is 0.833. The van der Waals surface area contributed by atoms with E-state index in [1.54, 1.807) is 13.8 Å². The summed E-state index contributed by atoms with van der Waals surface area (Å²) < 4.78 is 0. The Morgan fingerprint density at radius 2 is 1.65 bits per heavy atom. The molecule has 23 heavy (non-hydrogen) atoms. The third-order valence-electron chi connectivity index (χ3n) is 3.71. The highest BCUT2D eigenvalue weighted by Gasteiger charge is 2.35. The van der Waals surface area contributed by atoms with Crippen molar-refractivity contribution in [3.05, 3.63) is 65.7 Å². The van der Waals surface area contributed by atoms with Crippen molar-refractivity contribution < 1.29 is 9.59 Å². The first kappa shape index (κ1) is 16.7. The summed E-state index contributed by atoms with van der Waals surface area (Å²) in [6.07, 6.45) is 0. The number of hydrogen-bond acceptors (Lipinski definition) is 2. The first-order valence-corrected chi connectivity index (χ1v) is 7.60. The van der Waals surface area contributed by atoms with E-state index in [0.29, 0.717) is 12.2 Å². The molecule has 0 unspecified atom stereocenters. The number of amides is 2. The fourth-order valence-electron chi connectivity index (χ4n) is 2.11. The van der Waals surface area contributed by atoms with Crippen molar-refractivity contribution in [3.8, 4) is 0 Å². The van der Waals surface area contributed by atoms with Crippen LogP contribution in [0.25, 0.3) is 0 Å². The van der Waals surface area contributed by atoms with Crippen molar-refractivity contribution >= 4 is 17.5 Å². The average molecular weight is 310 g/mol. The van der Waals surface area contributed by atoms with Crippen LogP contribution in [0, 0.1) is 12.3 Å². The molecule has 0 bridgehead atoms. The largest absolute Gasteiger partial charge is 0.351 e. The van der Waals surface area contributed by atoms with Crippen molar-refractivity contribution in [2.45, 2.75) is 27.3 Å². The molecule has 0 saturated heterocycles. The SMILES string of the molecule is Cc1cccc(NC(=O)C(C)(C)C(=O)NCc2ccccc2)c1. The van der Waals surface area contributed by atoms with E-state index in [0.717, 1.165) is 11.1 Å². The zero-order valence-corrected chi connectivity index (χ0v) is 13.7. The maximum absolute atomic E-state index is 12.4. The van der Waals surface area contributed by atoms with Gasteiger partial charge in [0.25, 0.3) is 0 Å². The molecule has 2 amide bonds. The van der Waals surface area contributed by atoms with Gasteiger partial charge < -0.3 is 10.6 Å². The van der Waals surface area contributed by atoms with Crippen LogP contribution in [0.15, 0.2) is 54.6 Å². The number of nitrogens with one attached hydrogen (secondary N) is 2. The maximum Gasteiger partial charge on any atom is 0.239 e. The molecule has 0 aliphatic carbocycles. The molecule has 0 saturated carbocycles. The molecule has 0 aliphatic heterocycles. The second-order valence-corrected chi connectivity index (χ2v) is 6.12. The summed E-state index contributed by atoms with van der Waals surface area (Å²) in [5, 5.41) is 5.62. The topological polar surface area (TPSA) is 58.2 Å². The highest BCUT2D eigenvalue weighted by atomic mass is 16.2. The predicted molar refractivity (Wildman–Crippen MR) is 91.9 cm³/mol. The Bertz CT molecular complexity index is 694. The van der Waals surface area contributed by atoms with Gasteiger partial charge in [-0.15, -0.1) is 0 Å². The predicted octanol–water partition coefficient (Wildman–Crippen LogP) is 3.28. The van der Waals surface area contributed by atoms with E-state index in [2.05, 4.69) is 10.6 Å². The Morgan fingerprint density at radius 1 is 0.957 bits per heavy atom. The molecule has 0 fully saturated rings. The van der Waals surface area contributed by atoms with Gasteiger partial charge in [-0.3, -0.25) is 9.59 Å². The Kier molecular flexibility index (Phi) is 5.16. The zero-order valence-electron chi connectivity index (χ0n) is 13.7. The van der Waals surface area contributed by atoms with Crippen LogP contribution in [0.3, 0.4) is 0 Å². The van der Waals surface area contributed by atoms with E-state index in [4.69, 9.17) is 0 Å². The second kappa shape index (κ2) is 7.09. The lowest BCUT2D eigenvalue weighted by atomic mass is 9.90. The Hall–Kier alpha value is -2.62. The van der Waals surface area contributed by atoms with E-state index in [1.165, 1.54) is 0 Å². The summed E-state index contributed by atoms with van der Waals surface area (Å²) >= 11 is 0. The molecule has 0 heterocycles. The van der Waals surface area contributed by atoms with E-state index in [9.17, 15) is 9.59 Å². The lowest BCUT2D eigenvalue weighted by Gasteiger charge is -2.23. The van der Waals surface area contributed by atoms with Crippen LogP contribution in [0.5, 0.6) is 0 Å². The monoisotopic (exact) mass is 310 g/mol. The molecule has 0 atom stereocenters. The van der Waals surface area contributed by atoms with Crippen molar-refractivity contribution in [2.24, 2.45) is 5.41 Å². The minimum absolute atomic E-state index is 0.300. The number of carbonyl (C=O) groups excluding carboxylic acids is 2. The third-order valence-corrected chi connectivity index (χ3v) is 3.71. The van der Waals surface area contributed by atoms with E-state index in [-0.39, 0.29) is 11.8 Å². The number of aryl methyl sites for hydroxylation is 1. The Balaban J connectivity index is 1.98.